The van der Waals surface area contributed by atoms with Crippen molar-refractivity contribution in [2.24, 2.45) is 0 Å². The summed E-state index contributed by atoms with van der Waals surface area (Å²) in [6.45, 7) is 0. The van der Waals surface area contributed by atoms with Gasteiger partial charge in [-0.05, 0) is 115 Å². The second-order valence-electron chi connectivity index (χ2n) is 15.4. The third-order valence-electron chi connectivity index (χ3n) is 12.5. The first-order chi connectivity index (χ1) is 28.3. The molecule has 57 heavy (non-hydrogen) atoms. The first-order valence-corrected chi connectivity index (χ1v) is 19.8. The van der Waals surface area contributed by atoms with Gasteiger partial charge in [-0.15, -0.1) is 0 Å². The highest BCUT2D eigenvalue weighted by atomic mass is 14.9. The molecule has 3 aliphatic rings. The number of aromatic nitrogens is 3. The highest BCUT2D eigenvalue weighted by Gasteiger charge is 2.52. The lowest BCUT2D eigenvalue weighted by atomic mass is 9.69. The van der Waals surface area contributed by atoms with Crippen LogP contribution in [0.1, 0.15) is 35.1 Å². The molecule has 0 amide bonds. The SMILES string of the molecule is C1=CC2=C(CC1)c1ccccc1C21c2ccccc2-c2ccc(-c3nc(-c4cccc(-c5cccnc5)c4)cc(-c4cc5ccccc5c5ccccc45)n3)cc21. The van der Waals surface area contributed by atoms with Crippen LogP contribution >= 0.6 is 0 Å². The fraction of sp³-hybridized carbons (Fsp3) is 0.0556. The standard InChI is InChI=1S/C54H35N3/c1-2-17-39-35(13-1)30-46(41-19-4-3-18-40(39)41)52-32-51(36-15-11-14-34(29-36)38-16-12-28-55-33-38)56-53(57-52)37-26-27-45-44-22-7-10-25-49(44)54(50(45)31-37)47-23-8-5-20-42(47)43-21-6-9-24-48(43)54/h1-5,7-20,22-33H,6,21H2. The predicted octanol–water partition coefficient (Wildman–Crippen LogP) is 13.3. The van der Waals surface area contributed by atoms with E-state index in [0.717, 1.165) is 52.0 Å². The van der Waals surface area contributed by atoms with Gasteiger partial charge in [0.15, 0.2) is 5.82 Å². The molecule has 0 radical (unpaired) electrons. The normalized spacial score (nSPS) is 16.2. The fourth-order valence-electron chi connectivity index (χ4n) is 10.0. The van der Waals surface area contributed by atoms with Crippen LogP contribution in [0, 0.1) is 0 Å². The predicted molar refractivity (Wildman–Crippen MR) is 234 cm³/mol. The van der Waals surface area contributed by atoms with Crippen molar-refractivity contribution < 1.29 is 0 Å². The molecule has 9 aromatic rings. The van der Waals surface area contributed by atoms with Crippen molar-refractivity contribution in [3.63, 3.8) is 0 Å². The van der Waals surface area contributed by atoms with Crippen LogP contribution in [0.3, 0.4) is 0 Å². The largest absolute Gasteiger partial charge is 0.264 e. The molecular weight excluding hydrogens is 691 g/mol. The van der Waals surface area contributed by atoms with Gasteiger partial charge in [0.2, 0.25) is 0 Å². The summed E-state index contributed by atoms with van der Waals surface area (Å²) in [6, 6.07) is 59.6. The van der Waals surface area contributed by atoms with Crippen LogP contribution in [0.25, 0.3) is 83.3 Å². The molecule has 3 heteroatoms. The molecule has 1 spiro atoms. The maximum Gasteiger partial charge on any atom is 0.160 e. The highest BCUT2D eigenvalue weighted by Crippen LogP contribution is 2.63. The van der Waals surface area contributed by atoms with Gasteiger partial charge in [-0.3, -0.25) is 4.98 Å². The number of fused-ring (bicyclic) bond motifs is 12. The van der Waals surface area contributed by atoms with E-state index in [4.69, 9.17) is 9.97 Å². The summed E-state index contributed by atoms with van der Waals surface area (Å²) in [5, 5.41) is 4.81. The van der Waals surface area contributed by atoms with Gasteiger partial charge in [0.1, 0.15) is 0 Å². The van der Waals surface area contributed by atoms with Crippen LogP contribution < -0.4 is 0 Å². The number of benzene rings is 7. The molecule has 2 aromatic heterocycles. The first-order valence-electron chi connectivity index (χ1n) is 19.8. The summed E-state index contributed by atoms with van der Waals surface area (Å²) in [5.41, 5.74) is 17.5. The lowest BCUT2D eigenvalue weighted by Crippen LogP contribution is -2.27. The Balaban J connectivity index is 1.12. The number of nitrogens with zero attached hydrogens (tertiary/aromatic N) is 3. The van der Waals surface area contributed by atoms with Crippen LogP contribution in [0.15, 0.2) is 194 Å². The van der Waals surface area contributed by atoms with Gasteiger partial charge in [-0.2, -0.15) is 0 Å². The molecule has 0 saturated carbocycles. The van der Waals surface area contributed by atoms with Gasteiger partial charge in [-0.25, -0.2) is 9.97 Å². The monoisotopic (exact) mass is 725 g/mol. The maximum absolute atomic E-state index is 5.51. The van der Waals surface area contributed by atoms with Crippen molar-refractivity contribution in [1.29, 1.82) is 0 Å². The molecule has 0 N–H and O–H groups in total. The Labute approximate surface area is 331 Å². The molecule has 0 fully saturated rings. The van der Waals surface area contributed by atoms with Gasteiger partial charge in [0.05, 0.1) is 16.8 Å². The number of rotatable bonds is 4. The van der Waals surface area contributed by atoms with E-state index in [0.29, 0.717) is 5.82 Å². The van der Waals surface area contributed by atoms with Crippen molar-refractivity contribution in [1.82, 2.24) is 15.0 Å². The second-order valence-corrected chi connectivity index (χ2v) is 15.4. The molecule has 1 atom stereocenters. The van der Waals surface area contributed by atoms with E-state index in [2.05, 4.69) is 175 Å². The van der Waals surface area contributed by atoms with Crippen molar-refractivity contribution in [3.8, 4) is 56.2 Å². The van der Waals surface area contributed by atoms with Gasteiger partial charge < -0.3 is 0 Å². The molecule has 3 aliphatic carbocycles. The first kappa shape index (κ1) is 32.1. The molecule has 0 aliphatic heterocycles. The van der Waals surface area contributed by atoms with E-state index in [9.17, 15) is 0 Å². The van der Waals surface area contributed by atoms with Crippen molar-refractivity contribution in [2.75, 3.05) is 0 Å². The van der Waals surface area contributed by atoms with E-state index in [1.807, 2.05) is 18.5 Å². The topological polar surface area (TPSA) is 38.7 Å². The summed E-state index contributed by atoms with van der Waals surface area (Å²) >= 11 is 0. The minimum atomic E-state index is -0.405. The van der Waals surface area contributed by atoms with Gasteiger partial charge in [0.25, 0.3) is 0 Å². The summed E-state index contributed by atoms with van der Waals surface area (Å²) < 4.78 is 0. The van der Waals surface area contributed by atoms with Gasteiger partial charge in [0, 0.05) is 34.6 Å². The van der Waals surface area contributed by atoms with Crippen molar-refractivity contribution in [2.45, 2.75) is 18.3 Å². The van der Waals surface area contributed by atoms with E-state index >= 15 is 0 Å². The van der Waals surface area contributed by atoms with Crippen LogP contribution in [0.4, 0.5) is 0 Å². The molecule has 12 rings (SSSR count). The minimum Gasteiger partial charge on any atom is -0.264 e. The average Bonchev–Trinajstić information content (AvgIpc) is 3.76. The Kier molecular flexibility index (Phi) is 6.97. The van der Waals surface area contributed by atoms with E-state index in [1.165, 1.54) is 66.1 Å². The molecule has 0 saturated heterocycles. The Morgan fingerprint density at radius 1 is 0.456 bits per heavy atom. The summed E-state index contributed by atoms with van der Waals surface area (Å²) in [5.74, 6) is 0.708. The summed E-state index contributed by atoms with van der Waals surface area (Å²) in [6.07, 6.45) is 10.6. The smallest absolute Gasteiger partial charge is 0.160 e. The molecule has 2 heterocycles. The minimum absolute atomic E-state index is 0.405. The summed E-state index contributed by atoms with van der Waals surface area (Å²) in [7, 11) is 0. The van der Waals surface area contributed by atoms with Crippen LogP contribution in [-0.4, -0.2) is 15.0 Å². The summed E-state index contributed by atoms with van der Waals surface area (Å²) in [4.78, 5) is 15.3. The molecule has 266 valence electrons. The molecule has 3 nitrogen and oxygen atoms in total. The van der Waals surface area contributed by atoms with Gasteiger partial charge >= 0.3 is 0 Å². The van der Waals surface area contributed by atoms with E-state index in [1.54, 1.807) is 0 Å². The van der Waals surface area contributed by atoms with Crippen LogP contribution in [0.5, 0.6) is 0 Å². The Morgan fingerprint density at radius 2 is 1.18 bits per heavy atom. The average molecular weight is 726 g/mol. The lowest BCUT2D eigenvalue weighted by Gasteiger charge is -2.32. The quantitative estimate of drug-likeness (QED) is 0.170. The van der Waals surface area contributed by atoms with E-state index < -0.39 is 5.41 Å². The third kappa shape index (κ3) is 4.69. The van der Waals surface area contributed by atoms with Crippen molar-refractivity contribution in [3.05, 3.63) is 216 Å². The lowest BCUT2D eigenvalue weighted by molar-refractivity contribution is 0.780. The van der Waals surface area contributed by atoms with Crippen LogP contribution in [0.2, 0.25) is 0 Å². The van der Waals surface area contributed by atoms with Crippen molar-refractivity contribution >= 4 is 27.1 Å². The Morgan fingerprint density at radius 3 is 2.05 bits per heavy atom. The van der Waals surface area contributed by atoms with Gasteiger partial charge in [-0.1, -0.05) is 146 Å². The zero-order chi connectivity index (χ0) is 37.5. The number of pyridine rings is 1. The fourth-order valence-corrected chi connectivity index (χ4v) is 10.0. The maximum atomic E-state index is 5.51. The second kappa shape index (κ2) is 12.4. The Hall–Kier alpha value is -7.23. The number of hydrogen-bond acceptors (Lipinski definition) is 3. The third-order valence-corrected chi connectivity index (χ3v) is 12.5. The number of hydrogen-bond donors (Lipinski definition) is 0. The molecule has 1 unspecified atom stereocenters. The number of allylic oxidation sites excluding steroid dienone is 4. The Bertz CT molecular complexity index is 3190. The molecular formula is C54H35N3. The zero-order valence-electron chi connectivity index (χ0n) is 31.2. The molecule has 0 bridgehead atoms. The van der Waals surface area contributed by atoms with E-state index in [-0.39, 0.29) is 0 Å². The van der Waals surface area contributed by atoms with Crippen LogP contribution in [-0.2, 0) is 5.41 Å². The molecule has 7 aromatic carbocycles. The highest BCUT2D eigenvalue weighted by molar-refractivity contribution is 6.13. The zero-order valence-corrected chi connectivity index (χ0v) is 31.2.